The zero-order chi connectivity index (χ0) is 20.8. The first-order valence-corrected chi connectivity index (χ1v) is 11.3. The molecule has 0 amide bonds. The third-order valence-corrected chi connectivity index (χ3v) is 7.70. The second-order valence-electron chi connectivity index (χ2n) is 9.29. The number of hydrogen-bond acceptors (Lipinski definition) is 1. The minimum absolute atomic E-state index is 0.214. The quantitative estimate of drug-likeness (QED) is 0.501. The summed E-state index contributed by atoms with van der Waals surface area (Å²) in [6.45, 7) is 0. The van der Waals surface area contributed by atoms with Crippen molar-refractivity contribution < 1.29 is 4.79 Å². The Hall–Kier alpha value is -3.19. The molecule has 1 nitrogen and oxygen atoms in total. The average Bonchev–Trinajstić information content (AvgIpc) is 3.05. The molecule has 6 aliphatic carbocycles. The molecule has 0 aromatic heterocycles. The number of allylic oxidation sites excluding steroid dienone is 22. The van der Waals surface area contributed by atoms with E-state index in [4.69, 9.17) is 0 Å². The summed E-state index contributed by atoms with van der Waals surface area (Å²) >= 11 is 0. The van der Waals surface area contributed by atoms with Crippen LogP contribution in [0.3, 0.4) is 0 Å². The van der Waals surface area contributed by atoms with Gasteiger partial charge >= 0.3 is 0 Å². The van der Waals surface area contributed by atoms with Gasteiger partial charge in [-0.2, -0.15) is 0 Å². The third kappa shape index (κ3) is 2.87. The second kappa shape index (κ2) is 7.20. The van der Waals surface area contributed by atoms with Gasteiger partial charge in [-0.1, -0.05) is 109 Å². The predicted octanol–water partition coefficient (Wildman–Crippen LogP) is 6.32. The zero-order valence-corrected chi connectivity index (χ0v) is 17.5. The van der Waals surface area contributed by atoms with Crippen LogP contribution in [0.4, 0.5) is 0 Å². The molecule has 31 heavy (non-hydrogen) atoms. The Balaban J connectivity index is 1.57. The number of ketones is 1. The Morgan fingerprint density at radius 1 is 0.710 bits per heavy atom. The highest BCUT2D eigenvalue weighted by Crippen LogP contribution is 2.55. The highest BCUT2D eigenvalue weighted by molar-refractivity contribution is 5.93. The van der Waals surface area contributed by atoms with Crippen molar-refractivity contribution in [3.63, 3.8) is 0 Å². The molecule has 0 radical (unpaired) electrons. The molecular formula is C30H26O. The SMILES string of the molecule is O=C1C=C2C=CC=CC2C2C=CC=CC2(C2=C3C=CC=CC3C3C=CC=CC3C=C2)C1. The molecule has 0 saturated heterocycles. The van der Waals surface area contributed by atoms with E-state index >= 15 is 0 Å². The number of carbonyl (C=O) groups excluding carboxylic acids is 1. The first kappa shape index (κ1) is 18.6. The Bertz CT molecular complexity index is 1150. The van der Waals surface area contributed by atoms with Crippen LogP contribution in [0.2, 0.25) is 0 Å². The molecule has 1 heteroatoms. The van der Waals surface area contributed by atoms with E-state index in [0.29, 0.717) is 24.2 Å². The summed E-state index contributed by atoms with van der Waals surface area (Å²) in [7, 11) is 0. The Labute approximate surface area is 184 Å². The maximum Gasteiger partial charge on any atom is 0.157 e. The van der Waals surface area contributed by atoms with Gasteiger partial charge in [0.25, 0.3) is 0 Å². The third-order valence-electron chi connectivity index (χ3n) is 7.70. The first-order valence-electron chi connectivity index (χ1n) is 11.3. The van der Waals surface area contributed by atoms with Gasteiger partial charge in [-0.3, -0.25) is 4.79 Å². The molecule has 0 N–H and O–H groups in total. The van der Waals surface area contributed by atoms with E-state index < -0.39 is 0 Å². The summed E-state index contributed by atoms with van der Waals surface area (Å²) < 4.78 is 0. The second-order valence-corrected chi connectivity index (χ2v) is 9.29. The number of hydrogen-bond donors (Lipinski definition) is 0. The summed E-state index contributed by atoms with van der Waals surface area (Å²) in [6, 6.07) is 0. The van der Waals surface area contributed by atoms with Crippen LogP contribution in [0, 0.1) is 35.0 Å². The van der Waals surface area contributed by atoms with Crippen LogP contribution in [0.25, 0.3) is 0 Å². The number of carbonyl (C=O) groups is 1. The topological polar surface area (TPSA) is 17.1 Å². The molecule has 0 saturated carbocycles. The Kier molecular flexibility index (Phi) is 4.31. The fourth-order valence-corrected chi connectivity index (χ4v) is 6.33. The minimum Gasteiger partial charge on any atom is -0.295 e. The maximum absolute atomic E-state index is 13.2. The van der Waals surface area contributed by atoms with E-state index in [2.05, 4.69) is 103 Å². The van der Waals surface area contributed by atoms with Gasteiger partial charge in [0.15, 0.2) is 5.78 Å². The van der Waals surface area contributed by atoms with Crippen molar-refractivity contribution in [2.75, 3.05) is 0 Å². The maximum atomic E-state index is 13.2. The van der Waals surface area contributed by atoms with Crippen molar-refractivity contribution >= 4 is 5.78 Å². The predicted molar refractivity (Wildman–Crippen MR) is 127 cm³/mol. The van der Waals surface area contributed by atoms with Crippen molar-refractivity contribution in [1.29, 1.82) is 0 Å². The standard InChI is InChI=1S/C30H26O/c31-23-19-22-10-2-4-12-25(22)28-15-7-8-18-30(28,20-23)29-17-16-21-9-1-3-11-24(21)26-13-5-6-14-27(26)29/h1-19,21,24-26,28H,20H2. The summed E-state index contributed by atoms with van der Waals surface area (Å²) in [4.78, 5) is 13.2. The van der Waals surface area contributed by atoms with Crippen molar-refractivity contribution in [3.8, 4) is 0 Å². The molecule has 6 unspecified atom stereocenters. The highest BCUT2D eigenvalue weighted by Gasteiger charge is 2.48. The van der Waals surface area contributed by atoms with Crippen LogP contribution in [0.5, 0.6) is 0 Å². The van der Waals surface area contributed by atoms with Gasteiger partial charge in [0.1, 0.15) is 0 Å². The van der Waals surface area contributed by atoms with Crippen LogP contribution in [-0.4, -0.2) is 5.78 Å². The van der Waals surface area contributed by atoms with E-state index in [-0.39, 0.29) is 23.0 Å². The van der Waals surface area contributed by atoms with Crippen molar-refractivity contribution in [2.24, 2.45) is 35.0 Å². The molecule has 6 rings (SSSR count). The van der Waals surface area contributed by atoms with Gasteiger partial charge in [-0.05, 0) is 28.7 Å². The molecule has 6 atom stereocenters. The summed E-state index contributed by atoms with van der Waals surface area (Å²) in [5.41, 5.74) is 3.47. The fraction of sp³-hybridized carbons (Fsp3) is 0.233. The summed E-state index contributed by atoms with van der Waals surface area (Å²) in [5.74, 6) is 1.77. The molecule has 0 spiro atoms. The van der Waals surface area contributed by atoms with Crippen LogP contribution in [0.1, 0.15) is 6.42 Å². The van der Waals surface area contributed by atoms with Gasteiger partial charge in [-0.25, -0.2) is 0 Å². The summed E-state index contributed by atoms with van der Waals surface area (Å²) in [5, 5.41) is 0. The van der Waals surface area contributed by atoms with E-state index in [0.717, 1.165) is 5.57 Å². The molecular weight excluding hydrogens is 376 g/mol. The van der Waals surface area contributed by atoms with Crippen molar-refractivity contribution in [1.82, 2.24) is 0 Å². The molecule has 0 aliphatic heterocycles. The van der Waals surface area contributed by atoms with E-state index in [1.54, 1.807) is 0 Å². The number of rotatable bonds is 1. The zero-order valence-electron chi connectivity index (χ0n) is 17.5. The smallest absolute Gasteiger partial charge is 0.157 e. The molecule has 0 fully saturated rings. The highest BCUT2D eigenvalue weighted by atomic mass is 16.1. The lowest BCUT2D eigenvalue weighted by molar-refractivity contribution is -0.116. The van der Waals surface area contributed by atoms with Crippen LogP contribution in [0.15, 0.2) is 132 Å². The monoisotopic (exact) mass is 402 g/mol. The lowest BCUT2D eigenvalue weighted by atomic mass is 9.59. The lowest BCUT2D eigenvalue weighted by Crippen LogP contribution is -2.37. The Morgan fingerprint density at radius 2 is 1.48 bits per heavy atom. The van der Waals surface area contributed by atoms with Gasteiger partial charge < -0.3 is 0 Å². The van der Waals surface area contributed by atoms with Gasteiger partial charge in [-0.15, -0.1) is 0 Å². The Morgan fingerprint density at radius 3 is 2.42 bits per heavy atom. The van der Waals surface area contributed by atoms with E-state index in [1.165, 1.54) is 11.1 Å². The normalized spacial score (nSPS) is 38.9. The van der Waals surface area contributed by atoms with Gasteiger partial charge in [0, 0.05) is 35.5 Å². The van der Waals surface area contributed by atoms with Crippen LogP contribution in [-0.2, 0) is 4.79 Å². The molecule has 0 bridgehead atoms. The fourth-order valence-electron chi connectivity index (χ4n) is 6.33. The average molecular weight is 403 g/mol. The number of fused-ring (bicyclic) bond motifs is 6. The molecule has 0 aromatic rings. The molecule has 0 heterocycles. The minimum atomic E-state index is -0.342. The van der Waals surface area contributed by atoms with Crippen LogP contribution >= 0.6 is 0 Å². The first-order chi connectivity index (χ1) is 15.3. The van der Waals surface area contributed by atoms with E-state index in [9.17, 15) is 4.79 Å². The molecule has 152 valence electrons. The lowest BCUT2D eigenvalue weighted by Gasteiger charge is -2.43. The van der Waals surface area contributed by atoms with E-state index in [1.807, 2.05) is 12.2 Å². The van der Waals surface area contributed by atoms with Crippen LogP contribution < -0.4 is 0 Å². The summed E-state index contributed by atoms with van der Waals surface area (Å²) in [6.07, 6.45) is 42.6. The van der Waals surface area contributed by atoms with Crippen molar-refractivity contribution in [3.05, 3.63) is 132 Å². The molecule has 0 aromatic carbocycles. The largest absolute Gasteiger partial charge is 0.295 e. The molecule has 6 aliphatic rings. The van der Waals surface area contributed by atoms with Gasteiger partial charge in [0.05, 0.1) is 0 Å². The van der Waals surface area contributed by atoms with Gasteiger partial charge in [0.2, 0.25) is 0 Å². The van der Waals surface area contributed by atoms with Crippen molar-refractivity contribution in [2.45, 2.75) is 6.42 Å².